The van der Waals surface area contributed by atoms with Gasteiger partial charge in [-0.2, -0.15) is 0 Å². The van der Waals surface area contributed by atoms with E-state index in [9.17, 15) is 4.79 Å². The Kier molecular flexibility index (Phi) is 5.02. The third-order valence-corrected chi connectivity index (χ3v) is 4.48. The lowest BCUT2D eigenvalue weighted by atomic mass is 9.88. The Morgan fingerprint density at radius 1 is 1.38 bits per heavy atom. The van der Waals surface area contributed by atoms with Crippen LogP contribution in [0, 0.1) is 0 Å². The second kappa shape index (κ2) is 7.20. The van der Waals surface area contributed by atoms with E-state index in [0.29, 0.717) is 23.7 Å². The molecule has 1 amide bonds. The van der Waals surface area contributed by atoms with Crippen LogP contribution in [0.25, 0.3) is 0 Å². The van der Waals surface area contributed by atoms with Crippen molar-refractivity contribution in [3.05, 3.63) is 53.2 Å². The summed E-state index contributed by atoms with van der Waals surface area (Å²) in [5.41, 5.74) is 9.53. The summed E-state index contributed by atoms with van der Waals surface area (Å²) in [5, 5.41) is 0. The number of benzene rings is 1. The molecule has 1 aliphatic rings. The van der Waals surface area contributed by atoms with E-state index < -0.39 is 0 Å². The summed E-state index contributed by atoms with van der Waals surface area (Å²) in [6, 6.07) is 9.26. The highest BCUT2D eigenvalue weighted by Crippen LogP contribution is 2.28. The molecule has 3 rings (SSSR count). The van der Waals surface area contributed by atoms with Gasteiger partial charge in [-0.15, -0.1) is 0 Å². The first-order valence-electron chi connectivity index (χ1n) is 8.05. The van der Waals surface area contributed by atoms with Gasteiger partial charge < -0.3 is 10.5 Å². The Morgan fingerprint density at radius 2 is 2.21 bits per heavy atom. The zero-order valence-electron chi connectivity index (χ0n) is 13.5. The summed E-state index contributed by atoms with van der Waals surface area (Å²) in [7, 11) is 0. The summed E-state index contributed by atoms with van der Waals surface area (Å²) < 4.78 is 6.47. The molecule has 24 heavy (non-hydrogen) atoms. The maximum absolute atomic E-state index is 12.6. The normalized spacial score (nSPS) is 16.4. The summed E-state index contributed by atoms with van der Waals surface area (Å²) in [6.07, 6.45) is 4.27. The first-order chi connectivity index (χ1) is 11.6. The molecule has 6 heteroatoms. The summed E-state index contributed by atoms with van der Waals surface area (Å²) in [6.45, 7) is 2.35. The number of halogens is 1. The number of nitrogens with zero attached hydrogens (tertiary/aromatic N) is 2. The summed E-state index contributed by atoms with van der Waals surface area (Å²) >= 11 is 6.29. The monoisotopic (exact) mass is 345 g/mol. The van der Waals surface area contributed by atoms with Gasteiger partial charge in [-0.25, -0.2) is 9.40 Å². The Bertz CT molecular complexity index is 751. The van der Waals surface area contributed by atoms with E-state index in [2.05, 4.69) is 4.98 Å². The minimum Gasteiger partial charge on any atom is -0.478 e. The van der Waals surface area contributed by atoms with Crippen LogP contribution in [0.3, 0.4) is 0 Å². The van der Waals surface area contributed by atoms with Crippen LogP contribution in [0.2, 0.25) is 0 Å². The van der Waals surface area contributed by atoms with Crippen LogP contribution in [0.5, 0.6) is 5.88 Å². The fraction of sp³-hybridized carbons (Fsp3) is 0.333. The number of hydrogen-bond donors (Lipinski definition) is 1. The lowest BCUT2D eigenvalue weighted by Crippen LogP contribution is -2.28. The maximum atomic E-state index is 12.6. The predicted octanol–water partition coefficient (Wildman–Crippen LogP) is 3.10. The van der Waals surface area contributed by atoms with Crippen molar-refractivity contribution in [2.24, 2.45) is 5.73 Å². The third-order valence-electron chi connectivity index (χ3n) is 4.14. The molecule has 126 valence electrons. The average molecular weight is 346 g/mol. The first-order valence-corrected chi connectivity index (χ1v) is 8.38. The molecule has 1 heterocycles. The molecule has 0 saturated heterocycles. The van der Waals surface area contributed by atoms with Crippen LogP contribution in [0.15, 0.2) is 36.5 Å². The molecule has 5 nitrogen and oxygen atoms in total. The topological polar surface area (TPSA) is 68.5 Å². The van der Waals surface area contributed by atoms with Gasteiger partial charge in [-0.3, -0.25) is 4.79 Å². The minimum absolute atomic E-state index is 0.214. The number of nitrogens with two attached hydrogens (primary N) is 1. The lowest BCUT2D eigenvalue weighted by molar-refractivity contribution is 0.100. The number of carbonyl (C=O) groups is 1. The number of amides is 1. The third kappa shape index (κ3) is 3.52. The molecule has 2 aromatic rings. The Hall–Kier alpha value is -2.11. The zero-order chi connectivity index (χ0) is 17.1. The molecule has 0 aliphatic heterocycles. The molecule has 1 atom stereocenters. The first kappa shape index (κ1) is 16.7. The summed E-state index contributed by atoms with van der Waals surface area (Å²) in [4.78, 5) is 16.7. The second-order valence-corrected chi connectivity index (χ2v) is 6.20. The summed E-state index contributed by atoms with van der Waals surface area (Å²) in [5.74, 6) is 0.0975. The van der Waals surface area contributed by atoms with Gasteiger partial charge in [0, 0.05) is 35.6 Å². The Labute approximate surface area is 146 Å². The standard InChI is InChI=1S/C18H20ClN3O2/c1-2-24-17-11-14(7-8-21-17)18(23)22(19)16-6-4-12-9-15(20)5-3-13(12)10-16/h4,6-8,10-11,15H,2-3,5,9,20H2,1H3/t15-/m0/s1. The highest BCUT2D eigenvalue weighted by Gasteiger charge is 2.20. The fourth-order valence-electron chi connectivity index (χ4n) is 2.89. The number of carbonyl (C=O) groups excluding carboxylic acids is 1. The number of hydrogen-bond acceptors (Lipinski definition) is 4. The van der Waals surface area contributed by atoms with E-state index in [4.69, 9.17) is 22.2 Å². The van der Waals surface area contributed by atoms with Gasteiger partial charge >= 0.3 is 0 Å². The van der Waals surface area contributed by atoms with E-state index in [0.717, 1.165) is 23.7 Å². The number of fused-ring (bicyclic) bond motifs is 1. The number of rotatable bonds is 4. The van der Waals surface area contributed by atoms with Crippen molar-refractivity contribution in [1.82, 2.24) is 4.98 Å². The molecule has 0 unspecified atom stereocenters. The second-order valence-electron chi connectivity index (χ2n) is 5.86. The van der Waals surface area contributed by atoms with Crippen LogP contribution >= 0.6 is 11.8 Å². The smallest absolute Gasteiger partial charge is 0.273 e. The number of pyridine rings is 1. The van der Waals surface area contributed by atoms with Crippen LogP contribution in [0.4, 0.5) is 5.69 Å². The molecule has 0 radical (unpaired) electrons. The van der Waals surface area contributed by atoms with Gasteiger partial charge in [-0.1, -0.05) is 6.07 Å². The number of ether oxygens (including phenoxy) is 1. The maximum Gasteiger partial charge on any atom is 0.273 e. The van der Waals surface area contributed by atoms with Gasteiger partial charge in [-0.05, 0) is 55.5 Å². The van der Waals surface area contributed by atoms with Crippen molar-refractivity contribution in [3.63, 3.8) is 0 Å². The van der Waals surface area contributed by atoms with Gasteiger partial charge in [0.15, 0.2) is 0 Å². The van der Waals surface area contributed by atoms with E-state index in [-0.39, 0.29) is 11.9 Å². The Balaban J connectivity index is 1.82. The minimum atomic E-state index is -0.313. The molecular weight excluding hydrogens is 326 g/mol. The van der Waals surface area contributed by atoms with Crippen LogP contribution in [0.1, 0.15) is 34.8 Å². The van der Waals surface area contributed by atoms with Crippen molar-refractivity contribution in [3.8, 4) is 5.88 Å². The predicted molar refractivity (Wildman–Crippen MR) is 94.5 cm³/mol. The van der Waals surface area contributed by atoms with E-state index in [1.165, 1.54) is 17.3 Å². The van der Waals surface area contributed by atoms with Gasteiger partial charge in [0.2, 0.25) is 5.88 Å². The van der Waals surface area contributed by atoms with E-state index in [1.807, 2.05) is 25.1 Å². The van der Waals surface area contributed by atoms with Crippen molar-refractivity contribution in [2.45, 2.75) is 32.2 Å². The molecule has 0 saturated carbocycles. The number of aromatic nitrogens is 1. The molecule has 2 N–H and O–H groups in total. The van der Waals surface area contributed by atoms with Crippen molar-refractivity contribution in [1.29, 1.82) is 0 Å². The fourth-order valence-corrected chi connectivity index (χ4v) is 3.09. The Morgan fingerprint density at radius 3 is 3.00 bits per heavy atom. The number of anilines is 1. The lowest BCUT2D eigenvalue weighted by Gasteiger charge is -2.23. The van der Waals surface area contributed by atoms with Gasteiger partial charge in [0.25, 0.3) is 5.91 Å². The molecule has 1 aliphatic carbocycles. The SMILES string of the molecule is CCOc1cc(C(=O)N(Cl)c2ccc3c(c2)CC[C@H](N)C3)ccn1. The van der Waals surface area contributed by atoms with E-state index >= 15 is 0 Å². The van der Waals surface area contributed by atoms with Crippen LogP contribution in [-0.2, 0) is 12.8 Å². The molecule has 0 spiro atoms. The van der Waals surface area contributed by atoms with Crippen molar-refractivity contribution in [2.75, 3.05) is 11.0 Å². The van der Waals surface area contributed by atoms with E-state index in [1.54, 1.807) is 12.1 Å². The number of aryl methyl sites for hydroxylation is 1. The molecule has 1 aromatic heterocycles. The van der Waals surface area contributed by atoms with Crippen LogP contribution in [-0.4, -0.2) is 23.5 Å². The highest BCUT2D eigenvalue weighted by molar-refractivity contribution is 6.39. The quantitative estimate of drug-likeness (QED) is 0.864. The average Bonchev–Trinajstić information content (AvgIpc) is 2.60. The van der Waals surface area contributed by atoms with Crippen molar-refractivity contribution < 1.29 is 9.53 Å². The zero-order valence-corrected chi connectivity index (χ0v) is 14.3. The van der Waals surface area contributed by atoms with Gasteiger partial charge in [0.1, 0.15) is 0 Å². The highest BCUT2D eigenvalue weighted by atomic mass is 35.5. The molecule has 0 fully saturated rings. The molecular formula is C18H20ClN3O2. The molecule has 0 bridgehead atoms. The van der Waals surface area contributed by atoms with Crippen LogP contribution < -0.4 is 14.9 Å². The van der Waals surface area contributed by atoms with Gasteiger partial charge in [0.05, 0.1) is 12.3 Å². The largest absolute Gasteiger partial charge is 0.478 e. The molecule has 1 aromatic carbocycles. The van der Waals surface area contributed by atoms with Crippen molar-refractivity contribution >= 4 is 23.4 Å².